The molecule has 1 aromatic heterocycles. The summed E-state index contributed by atoms with van der Waals surface area (Å²) in [5, 5.41) is 10.2. The Labute approximate surface area is 124 Å². The number of thioether (sulfide) groups is 1. The van der Waals surface area contributed by atoms with Crippen LogP contribution in [0.2, 0.25) is 0 Å². The SMILES string of the molecule is CC1SCC(C(=O)O)N1C(=O)c1cc2ccccc2s1. The van der Waals surface area contributed by atoms with E-state index in [-0.39, 0.29) is 11.3 Å². The summed E-state index contributed by atoms with van der Waals surface area (Å²) < 4.78 is 1.04. The fourth-order valence-corrected chi connectivity index (χ4v) is 4.53. The molecule has 0 spiro atoms. The number of hydrogen-bond acceptors (Lipinski definition) is 4. The molecule has 1 amide bonds. The van der Waals surface area contributed by atoms with Gasteiger partial charge >= 0.3 is 5.97 Å². The van der Waals surface area contributed by atoms with Gasteiger partial charge in [-0.3, -0.25) is 4.79 Å². The smallest absolute Gasteiger partial charge is 0.327 e. The molecule has 0 saturated carbocycles. The first kappa shape index (κ1) is 13.5. The Bertz CT molecular complexity index is 649. The number of rotatable bonds is 2. The van der Waals surface area contributed by atoms with Gasteiger partial charge in [0.2, 0.25) is 0 Å². The van der Waals surface area contributed by atoms with Gasteiger partial charge in [-0.15, -0.1) is 23.1 Å². The van der Waals surface area contributed by atoms with E-state index in [0.29, 0.717) is 10.6 Å². The molecule has 1 aromatic carbocycles. The Hall–Kier alpha value is -1.53. The number of carbonyl (C=O) groups excluding carboxylic acids is 1. The van der Waals surface area contributed by atoms with Crippen LogP contribution in [-0.4, -0.2) is 39.1 Å². The van der Waals surface area contributed by atoms with E-state index in [1.807, 2.05) is 37.3 Å². The van der Waals surface area contributed by atoms with Crippen molar-refractivity contribution in [2.24, 2.45) is 0 Å². The third kappa shape index (κ3) is 2.19. The van der Waals surface area contributed by atoms with Gasteiger partial charge in [-0.2, -0.15) is 0 Å². The van der Waals surface area contributed by atoms with E-state index in [1.54, 1.807) is 0 Å². The lowest BCUT2D eigenvalue weighted by Gasteiger charge is -2.24. The summed E-state index contributed by atoms with van der Waals surface area (Å²) in [6.07, 6.45) is 0. The molecule has 2 aromatic rings. The average Bonchev–Trinajstić information content (AvgIpc) is 3.01. The lowest BCUT2D eigenvalue weighted by Crippen LogP contribution is -2.44. The summed E-state index contributed by atoms with van der Waals surface area (Å²) in [7, 11) is 0. The highest BCUT2D eigenvalue weighted by Crippen LogP contribution is 2.33. The normalized spacial score (nSPS) is 22.4. The van der Waals surface area contributed by atoms with Gasteiger partial charge in [0.1, 0.15) is 6.04 Å². The molecule has 4 nitrogen and oxygen atoms in total. The maximum absolute atomic E-state index is 12.6. The number of carbonyl (C=O) groups is 2. The minimum atomic E-state index is -0.934. The number of fused-ring (bicyclic) bond motifs is 1. The van der Waals surface area contributed by atoms with Crippen LogP contribution in [0.1, 0.15) is 16.6 Å². The second-order valence-electron chi connectivity index (χ2n) is 4.65. The molecule has 1 saturated heterocycles. The van der Waals surface area contributed by atoms with Crippen LogP contribution in [0.5, 0.6) is 0 Å². The molecule has 6 heteroatoms. The zero-order valence-corrected chi connectivity index (χ0v) is 12.4. The largest absolute Gasteiger partial charge is 0.480 e. The summed E-state index contributed by atoms with van der Waals surface area (Å²) >= 11 is 2.92. The first-order chi connectivity index (χ1) is 9.58. The fourth-order valence-electron chi connectivity index (χ4n) is 2.36. The molecule has 0 bridgehead atoms. The van der Waals surface area contributed by atoms with Crippen molar-refractivity contribution in [2.75, 3.05) is 5.75 Å². The van der Waals surface area contributed by atoms with Gasteiger partial charge in [0, 0.05) is 10.5 Å². The van der Waals surface area contributed by atoms with Gasteiger partial charge in [0.15, 0.2) is 0 Å². The van der Waals surface area contributed by atoms with E-state index in [1.165, 1.54) is 28.0 Å². The van der Waals surface area contributed by atoms with Crippen molar-refractivity contribution in [3.63, 3.8) is 0 Å². The number of thiophene rings is 1. The fraction of sp³-hybridized carbons (Fsp3) is 0.286. The molecular weight excluding hydrogens is 294 g/mol. The van der Waals surface area contributed by atoms with Crippen molar-refractivity contribution in [1.82, 2.24) is 4.90 Å². The van der Waals surface area contributed by atoms with Gasteiger partial charge in [0.25, 0.3) is 5.91 Å². The summed E-state index contributed by atoms with van der Waals surface area (Å²) in [5.41, 5.74) is 0. The number of carboxylic acids is 1. The van der Waals surface area contributed by atoms with Crippen LogP contribution in [0, 0.1) is 0 Å². The predicted molar refractivity (Wildman–Crippen MR) is 81.3 cm³/mol. The molecule has 2 unspecified atom stereocenters. The van der Waals surface area contributed by atoms with Crippen molar-refractivity contribution in [3.05, 3.63) is 35.2 Å². The highest BCUT2D eigenvalue weighted by atomic mass is 32.2. The molecule has 104 valence electrons. The third-order valence-electron chi connectivity index (χ3n) is 3.38. The Morgan fingerprint density at radius 1 is 1.35 bits per heavy atom. The summed E-state index contributed by atoms with van der Waals surface area (Å²) in [6.45, 7) is 1.87. The molecule has 20 heavy (non-hydrogen) atoms. The second-order valence-corrected chi connectivity index (χ2v) is 7.08. The van der Waals surface area contributed by atoms with Crippen molar-refractivity contribution in [3.8, 4) is 0 Å². The number of hydrogen-bond donors (Lipinski definition) is 1. The van der Waals surface area contributed by atoms with Crippen LogP contribution >= 0.6 is 23.1 Å². The predicted octanol–water partition coefficient (Wildman–Crippen LogP) is 2.89. The standard InChI is InChI=1S/C14H13NO3S2/c1-8-15(10(7-19-8)14(17)18)13(16)12-6-9-4-2-3-5-11(9)20-12/h2-6,8,10H,7H2,1H3,(H,17,18). The minimum Gasteiger partial charge on any atom is -0.480 e. The maximum atomic E-state index is 12.6. The third-order valence-corrected chi connectivity index (χ3v) is 5.70. The molecule has 3 rings (SSSR count). The molecule has 2 atom stereocenters. The van der Waals surface area contributed by atoms with Crippen molar-refractivity contribution < 1.29 is 14.7 Å². The summed E-state index contributed by atoms with van der Waals surface area (Å²) in [6, 6.07) is 8.90. The van der Waals surface area contributed by atoms with E-state index in [0.717, 1.165) is 10.1 Å². The van der Waals surface area contributed by atoms with Crippen LogP contribution in [0.4, 0.5) is 0 Å². The zero-order chi connectivity index (χ0) is 14.3. The Morgan fingerprint density at radius 2 is 2.10 bits per heavy atom. The van der Waals surface area contributed by atoms with E-state index >= 15 is 0 Å². The molecule has 0 radical (unpaired) electrons. The van der Waals surface area contributed by atoms with Crippen LogP contribution < -0.4 is 0 Å². The number of carboxylic acid groups (broad SMARTS) is 1. The zero-order valence-electron chi connectivity index (χ0n) is 10.8. The van der Waals surface area contributed by atoms with E-state index in [9.17, 15) is 14.7 Å². The Balaban J connectivity index is 1.96. The van der Waals surface area contributed by atoms with Gasteiger partial charge < -0.3 is 10.0 Å². The molecule has 0 aliphatic carbocycles. The first-order valence-electron chi connectivity index (χ1n) is 6.23. The van der Waals surface area contributed by atoms with Gasteiger partial charge in [-0.25, -0.2) is 4.79 Å². The Kier molecular flexibility index (Phi) is 3.43. The highest BCUT2D eigenvalue weighted by Gasteiger charge is 2.40. The van der Waals surface area contributed by atoms with Crippen molar-refractivity contribution >= 4 is 45.1 Å². The number of nitrogens with zero attached hydrogens (tertiary/aromatic N) is 1. The summed E-state index contributed by atoms with van der Waals surface area (Å²) in [5.74, 6) is -0.667. The summed E-state index contributed by atoms with van der Waals surface area (Å²) in [4.78, 5) is 26.0. The van der Waals surface area contributed by atoms with Crippen molar-refractivity contribution in [2.45, 2.75) is 18.3 Å². The highest BCUT2D eigenvalue weighted by molar-refractivity contribution is 8.00. The number of aliphatic carboxylic acids is 1. The van der Waals surface area contributed by atoms with E-state index < -0.39 is 12.0 Å². The van der Waals surface area contributed by atoms with Crippen LogP contribution in [0.25, 0.3) is 10.1 Å². The van der Waals surface area contributed by atoms with Gasteiger partial charge in [0.05, 0.1) is 10.3 Å². The maximum Gasteiger partial charge on any atom is 0.327 e. The molecule has 1 aliphatic rings. The van der Waals surface area contributed by atoms with E-state index in [4.69, 9.17) is 0 Å². The Morgan fingerprint density at radius 3 is 2.80 bits per heavy atom. The van der Waals surface area contributed by atoms with Gasteiger partial charge in [-0.1, -0.05) is 18.2 Å². The van der Waals surface area contributed by atoms with E-state index in [2.05, 4.69) is 0 Å². The minimum absolute atomic E-state index is 0.103. The van der Waals surface area contributed by atoms with Gasteiger partial charge in [-0.05, 0) is 24.4 Å². The second kappa shape index (κ2) is 5.10. The molecule has 1 fully saturated rings. The topological polar surface area (TPSA) is 57.6 Å². The number of benzene rings is 1. The molecule has 2 heterocycles. The lowest BCUT2D eigenvalue weighted by atomic mass is 10.2. The monoisotopic (exact) mass is 307 g/mol. The molecular formula is C14H13NO3S2. The average molecular weight is 307 g/mol. The van der Waals surface area contributed by atoms with Crippen LogP contribution in [0.3, 0.4) is 0 Å². The number of amides is 1. The van der Waals surface area contributed by atoms with Crippen LogP contribution in [0.15, 0.2) is 30.3 Å². The van der Waals surface area contributed by atoms with Crippen molar-refractivity contribution in [1.29, 1.82) is 0 Å². The quantitative estimate of drug-likeness (QED) is 0.927. The van der Waals surface area contributed by atoms with Crippen LogP contribution in [-0.2, 0) is 4.79 Å². The molecule has 1 aliphatic heterocycles. The lowest BCUT2D eigenvalue weighted by molar-refractivity contribution is -0.141. The molecule has 1 N–H and O–H groups in total. The first-order valence-corrected chi connectivity index (χ1v) is 8.10.